The molecule has 0 radical (unpaired) electrons. The Morgan fingerprint density at radius 1 is 1.12 bits per heavy atom. The van der Waals surface area contributed by atoms with Crippen molar-refractivity contribution in [3.63, 3.8) is 0 Å². The number of aryl methyl sites for hydroxylation is 1. The van der Waals surface area contributed by atoms with Crippen molar-refractivity contribution in [2.75, 3.05) is 11.4 Å². The van der Waals surface area contributed by atoms with Gasteiger partial charge in [-0.1, -0.05) is 11.6 Å². The fraction of sp³-hybridized carbons (Fsp3) is 0.250. The van der Waals surface area contributed by atoms with E-state index in [4.69, 9.17) is 11.6 Å². The number of rotatable bonds is 2. The van der Waals surface area contributed by atoms with Gasteiger partial charge in [-0.2, -0.15) is 13.2 Å². The number of non-ortho nitro benzene ring substituents is 1. The van der Waals surface area contributed by atoms with Crippen LogP contribution >= 0.6 is 11.6 Å². The third kappa shape index (κ3) is 3.03. The van der Waals surface area contributed by atoms with E-state index in [1.807, 2.05) is 0 Å². The van der Waals surface area contributed by atoms with E-state index in [1.165, 1.54) is 18.2 Å². The van der Waals surface area contributed by atoms with Gasteiger partial charge < -0.3 is 4.90 Å². The summed E-state index contributed by atoms with van der Waals surface area (Å²) in [5, 5.41) is 10.9. The molecule has 0 unspecified atom stereocenters. The van der Waals surface area contributed by atoms with E-state index in [1.54, 1.807) is 11.0 Å². The van der Waals surface area contributed by atoms with Crippen molar-refractivity contribution in [3.05, 3.63) is 62.7 Å². The Bertz CT molecular complexity index is 808. The number of hydrogen-bond acceptors (Lipinski definition) is 3. The van der Waals surface area contributed by atoms with Crippen LogP contribution in [0.3, 0.4) is 0 Å². The minimum atomic E-state index is -4.46. The van der Waals surface area contributed by atoms with Crippen LogP contribution in [0.5, 0.6) is 0 Å². The van der Waals surface area contributed by atoms with Crippen molar-refractivity contribution >= 4 is 28.7 Å². The number of hydrogen-bond donors (Lipinski definition) is 0. The third-order valence-electron chi connectivity index (χ3n) is 3.96. The van der Waals surface area contributed by atoms with Gasteiger partial charge in [-0.25, -0.2) is 0 Å². The summed E-state index contributed by atoms with van der Waals surface area (Å²) in [7, 11) is 0. The lowest BCUT2D eigenvalue weighted by Gasteiger charge is -2.32. The summed E-state index contributed by atoms with van der Waals surface area (Å²) in [5.41, 5.74) is 1.16. The SMILES string of the molecule is O=[N+]([O-])c1ccc2c(c1)CCCN2c1ccc(C(F)(F)F)cc1Cl. The predicted octanol–water partition coefficient (Wildman–Crippen LogP) is 5.35. The Hall–Kier alpha value is -2.28. The minimum Gasteiger partial charge on any atom is -0.340 e. The molecule has 0 saturated heterocycles. The van der Waals surface area contributed by atoms with Gasteiger partial charge in [0, 0.05) is 24.4 Å². The summed E-state index contributed by atoms with van der Waals surface area (Å²) < 4.78 is 38.3. The molecule has 0 saturated carbocycles. The number of anilines is 2. The second-order valence-electron chi connectivity index (χ2n) is 5.49. The summed E-state index contributed by atoms with van der Waals surface area (Å²) in [6, 6.07) is 7.72. The van der Waals surface area contributed by atoms with Gasteiger partial charge in [0.15, 0.2) is 0 Å². The molecule has 8 heteroatoms. The van der Waals surface area contributed by atoms with Gasteiger partial charge in [0.2, 0.25) is 0 Å². The molecule has 0 aromatic heterocycles. The molecule has 3 rings (SSSR count). The van der Waals surface area contributed by atoms with Crippen LogP contribution in [0, 0.1) is 10.1 Å². The molecule has 0 spiro atoms. The molecular weight excluding hydrogens is 345 g/mol. The number of nitro benzene ring substituents is 1. The zero-order valence-corrected chi connectivity index (χ0v) is 13.1. The Morgan fingerprint density at radius 3 is 2.46 bits per heavy atom. The fourth-order valence-corrected chi connectivity index (χ4v) is 3.13. The summed E-state index contributed by atoms with van der Waals surface area (Å²) in [6.45, 7) is 0.579. The molecule has 0 atom stereocenters. The van der Waals surface area contributed by atoms with Gasteiger partial charge in [0.25, 0.3) is 5.69 Å². The number of nitro groups is 1. The monoisotopic (exact) mass is 356 g/mol. The van der Waals surface area contributed by atoms with Crippen molar-refractivity contribution in [1.82, 2.24) is 0 Å². The van der Waals surface area contributed by atoms with Crippen LogP contribution in [0.2, 0.25) is 5.02 Å². The average molecular weight is 357 g/mol. The van der Waals surface area contributed by atoms with Crippen LogP contribution in [0.15, 0.2) is 36.4 Å². The Balaban J connectivity index is 2.02. The highest BCUT2D eigenvalue weighted by molar-refractivity contribution is 6.33. The Morgan fingerprint density at radius 2 is 1.83 bits per heavy atom. The first-order chi connectivity index (χ1) is 11.3. The minimum absolute atomic E-state index is 0.00368. The van der Waals surface area contributed by atoms with Crippen LogP contribution in [0.1, 0.15) is 17.5 Å². The molecule has 0 N–H and O–H groups in total. The lowest BCUT2D eigenvalue weighted by atomic mass is 10.00. The molecule has 2 aromatic rings. The van der Waals surface area contributed by atoms with Crippen LogP contribution in [0.4, 0.5) is 30.2 Å². The highest BCUT2D eigenvalue weighted by Gasteiger charge is 2.31. The van der Waals surface area contributed by atoms with E-state index < -0.39 is 16.7 Å². The van der Waals surface area contributed by atoms with E-state index in [0.717, 1.165) is 29.8 Å². The van der Waals surface area contributed by atoms with Gasteiger partial charge >= 0.3 is 6.18 Å². The molecule has 24 heavy (non-hydrogen) atoms. The smallest absolute Gasteiger partial charge is 0.340 e. The van der Waals surface area contributed by atoms with Crippen LogP contribution in [-0.4, -0.2) is 11.5 Å². The highest BCUT2D eigenvalue weighted by Crippen LogP contribution is 2.40. The number of benzene rings is 2. The van der Waals surface area contributed by atoms with Crippen molar-refractivity contribution in [1.29, 1.82) is 0 Å². The molecular formula is C16H12ClF3N2O2. The molecule has 4 nitrogen and oxygen atoms in total. The maximum atomic E-state index is 12.8. The van der Waals surface area contributed by atoms with E-state index in [9.17, 15) is 23.3 Å². The molecule has 1 heterocycles. The highest BCUT2D eigenvalue weighted by atomic mass is 35.5. The Labute approximate surface area is 140 Å². The fourth-order valence-electron chi connectivity index (χ4n) is 2.85. The van der Waals surface area contributed by atoms with Crippen LogP contribution in [-0.2, 0) is 12.6 Å². The van der Waals surface area contributed by atoms with Gasteiger partial charge in [-0.3, -0.25) is 10.1 Å². The van der Waals surface area contributed by atoms with E-state index in [2.05, 4.69) is 0 Å². The molecule has 0 fully saturated rings. The van der Waals surface area contributed by atoms with Gasteiger partial charge in [-0.05, 0) is 42.7 Å². The first kappa shape index (κ1) is 16.6. The van der Waals surface area contributed by atoms with Crippen LogP contribution in [0.25, 0.3) is 0 Å². The molecule has 126 valence electrons. The third-order valence-corrected chi connectivity index (χ3v) is 4.26. The second-order valence-corrected chi connectivity index (χ2v) is 5.90. The zero-order chi connectivity index (χ0) is 17.5. The van der Waals surface area contributed by atoms with Crippen molar-refractivity contribution in [2.24, 2.45) is 0 Å². The first-order valence-corrected chi connectivity index (χ1v) is 7.57. The summed E-state index contributed by atoms with van der Waals surface area (Å²) in [4.78, 5) is 12.2. The molecule has 1 aliphatic heterocycles. The van der Waals surface area contributed by atoms with E-state index in [0.29, 0.717) is 18.7 Å². The van der Waals surface area contributed by atoms with E-state index in [-0.39, 0.29) is 10.7 Å². The predicted molar refractivity (Wildman–Crippen MR) is 84.9 cm³/mol. The molecule has 0 amide bonds. The Kier molecular flexibility index (Phi) is 4.13. The summed E-state index contributed by atoms with van der Waals surface area (Å²) >= 11 is 6.07. The molecule has 0 bridgehead atoms. The van der Waals surface area contributed by atoms with Gasteiger partial charge in [-0.15, -0.1) is 0 Å². The van der Waals surface area contributed by atoms with Crippen molar-refractivity contribution in [3.8, 4) is 0 Å². The largest absolute Gasteiger partial charge is 0.416 e. The number of alkyl halides is 3. The normalized spacial score (nSPS) is 14.4. The van der Waals surface area contributed by atoms with E-state index >= 15 is 0 Å². The summed E-state index contributed by atoms with van der Waals surface area (Å²) in [6.07, 6.45) is -3.06. The quantitative estimate of drug-likeness (QED) is 0.538. The molecule has 0 aliphatic carbocycles. The first-order valence-electron chi connectivity index (χ1n) is 7.19. The zero-order valence-electron chi connectivity index (χ0n) is 12.3. The number of fused-ring (bicyclic) bond motifs is 1. The lowest BCUT2D eigenvalue weighted by Crippen LogP contribution is -2.25. The lowest BCUT2D eigenvalue weighted by molar-refractivity contribution is -0.384. The average Bonchev–Trinajstić information content (AvgIpc) is 2.53. The molecule has 2 aromatic carbocycles. The maximum absolute atomic E-state index is 12.8. The standard InChI is InChI=1S/C16H12ClF3N2O2/c17-13-9-11(16(18,19)20)3-5-15(13)21-7-1-2-10-8-12(22(23)24)4-6-14(10)21/h3-6,8-9H,1-2,7H2. The topological polar surface area (TPSA) is 46.4 Å². The molecule has 1 aliphatic rings. The summed E-state index contributed by atoms with van der Waals surface area (Å²) in [5.74, 6) is 0. The van der Waals surface area contributed by atoms with Gasteiger partial charge in [0.05, 0.1) is 21.2 Å². The van der Waals surface area contributed by atoms with Crippen LogP contribution < -0.4 is 4.90 Å². The maximum Gasteiger partial charge on any atom is 0.416 e. The second kappa shape index (κ2) is 5.98. The van der Waals surface area contributed by atoms with Crippen molar-refractivity contribution < 1.29 is 18.1 Å². The number of halogens is 4. The number of nitrogens with zero attached hydrogens (tertiary/aromatic N) is 2. The van der Waals surface area contributed by atoms with Crippen molar-refractivity contribution in [2.45, 2.75) is 19.0 Å². The van der Waals surface area contributed by atoms with Gasteiger partial charge in [0.1, 0.15) is 0 Å².